The van der Waals surface area contributed by atoms with Crippen molar-refractivity contribution < 1.29 is 5.11 Å². The predicted molar refractivity (Wildman–Crippen MR) is 42.5 cm³/mol. The summed E-state index contributed by atoms with van der Waals surface area (Å²) < 4.78 is 0. The van der Waals surface area contributed by atoms with Crippen LogP contribution in [0.3, 0.4) is 0 Å². The maximum atomic E-state index is 8.63. The molecule has 9 heavy (non-hydrogen) atoms. The molecule has 0 rings (SSSR count). The lowest BCUT2D eigenvalue weighted by Crippen LogP contribution is -1.67. The van der Waals surface area contributed by atoms with E-state index >= 15 is 0 Å². The maximum Gasteiger partial charge on any atom is 0.110 e. The van der Waals surface area contributed by atoms with Crippen LogP contribution in [0.2, 0.25) is 0 Å². The molecule has 0 aliphatic rings. The Bertz CT molecular complexity index is 90.7. The first kappa shape index (κ1) is 11.1. The molecule has 0 radical (unpaired) electrons. The van der Waals surface area contributed by atoms with Gasteiger partial charge in [0.2, 0.25) is 0 Å². The van der Waals surface area contributed by atoms with Gasteiger partial charge < -0.3 is 5.11 Å². The van der Waals surface area contributed by atoms with E-state index in [0.717, 1.165) is 0 Å². The summed E-state index contributed by atoms with van der Waals surface area (Å²) in [5.74, 6) is 0.322. The van der Waals surface area contributed by atoms with E-state index in [1.54, 1.807) is 25.2 Å². The zero-order chi connectivity index (χ0) is 7.70. The molecule has 54 valence electrons. The van der Waals surface area contributed by atoms with E-state index in [4.69, 9.17) is 5.11 Å². The van der Waals surface area contributed by atoms with Gasteiger partial charge in [0.25, 0.3) is 0 Å². The minimum atomic E-state index is 0.322. The average Bonchev–Trinajstić information content (AvgIpc) is 1.93. The molecule has 1 heteroatoms. The highest BCUT2D eigenvalue weighted by Crippen LogP contribution is 1.86. The van der Waals surface area contributed by atoms with Crippen molar-refractivity contribution in [3.8, 4) is 0 Å². The lowest BCUT2D eigenvalue weighted by atomic mass is 10.4. The van der Waals surface area contributed by atoms with Crippen LogP contribution < -0.4 is 0 Å². The lowest BCUT2D eigenvalue weighted by molar-refractivity contribution is 0.431. The summed E-state index contributed by atoms with van der Waals surface area (Å²) in [5, 5.41) is 8.63. The van der Waals surface area contributed by atoms with Crippen LogP contribution in [-0.2, 0) is 0 Å². The Morgan fingerprint density at radius 2 is 1.67 bits per heavy atom. The Balaban J connectivity index is 0. The summed E-state index contributed by atoms with van der Waals surface area (Å²) in [4.78, 5) is 0. The average molecular weight is 128 g/mol. The van der Waals surface area contributed by atoms with E-state index < -0.39 is 0 Å². The van der Waals surface area contributed by atoms with Crippen molar-refractivity contribution in [2.75, 3.05) is 0 Å². The molecule has 1 nitrogen and oxygen atoms in total. The quantitative estimate of drug-likeness (QED) is 0.425. The monoisotopic (exact) mass is 128 g/mol. The minimum absolute atomic E-state index is 0.322. The van der Waals surface area contributed by atoms with Crippen LogP contribution >= 0.6 is 0 Å². The fourth-order valence-electron chi connectivity index (χ4n) is 0.267. The maximum absolute atomic E-state index is 8.63. The van der Waals surface area contributed by atoms with Crippen LogP contribution in [0.5, 0.6) is 0 Å². The van der Waals surface area contributed by atoms with Gasteiger partial charge in [0.1, 0.15) is 5.76 Å². The van der Waals surface area contributed by atoms with Gasteiger partial charge in [-0.2, -0.15) is 0 Å². The van der Waals surface area contributed by atoms with Crippen molar-refractivity contribution in [1.82, 2.24) is 0 Å². The molecule has 0 aromatic carbocycles. The summed E-state index contributed by atoms with van der Waals surface area (Å²) >= 11 is 0. The molecule has 0 unspecified atom stereocenters. The SMILES string of the molecule is C/C=C\C(O)=C/C.CC. The number of aliphatic hydroxyl groups excluding tert-OH is 1. The van der Waals surface area contributed by atoms with Crippen LogP contribution in [0.15, 0.2) is 24.0 Å². The fourth-order valence-corrected chi connectivity index (χ4v) is 0.267. The first-order valence-electron chi connectivity index (χ1n) is 3.29. The van der Waals surface area contributed by atoms with Crippen LogP contribution in [0.25, 0.3) is 0 Å². The highest BCUT2D eigenvalue weighted by molar-refractivity contribution is 5.07. The molecule has 0 bridgehead atoms. The molecule has 0 saturated heterocycles. The van der Waals surface area contributed by atoms with Crippen molar-refractivity contribution in [3.05, 3.63) is 24.0 Å². The second-order valence-corrected chi connectivity index (χ2v) is 1.21. The molecule has 0 atom stereocenters. The third-order valence-electron chi connectivity index (χ3n) is 0.633. The highest BCUT2D eigenvalue weighted by atomic mass is 16.3. The summed E-state index contributed by atoms with van der Waals surface area (Å²) in [7, 11) is 0. The first-order chi connectivity index (χ1) is 4.31. The molecule has 0 spiro atoms. The lowest BCUT2D eigenvalue weighted by Gasteiger charge is -1.81. The Morgan fingerprint density at radius 1 is 1.22 bits per heavy atom. The topological polar surface area (TPSA) is 20.2 Å². The summed E-state index contributed by atoms with van der Waals surface area (Å²) in [6.07, 6.45) is 5.06. The van der Waals surface area contributed by atoms with E-state index in [-0.39, 0.29) is 0 Å². The Morgan fingerprint density at radius 3 is 1.78 bits per heavy atom. The Labute approximate surface area is 57.7 Å². The molecule has 0 aromatic rings. The van der Waals surface area contributed by atoms with Crippen LogP contribution in [0.4, 0.5) is 0 Å². The fraction of sp³-hybridized carbons (Fsp3) is 0.500. The second-order valence-electron chi connectivity index (χ2n) is 1.21. The summed E-state index contributed by atoms with van der Waals surface area (Å²) in [5.41, 5.74) is 0. The number of hydrogen-bond donors (Lipinski definition) is 1. The van der Waals surface area contributed by atoms with Gasteiger partial charge >= 0.3 is 0 Å². The normalized spacial score (nSPS) is 10.9. The number of rotatable bonds is 1. The van der Waals surface area contributed by atoms with Crippen molar-refractivity contribution in [3.63, 3.8) is 0 Å². The van der Waals surface area contributed by atoms with Gasteiger partial charge in [0.05, 0.1) is 0 Å². The zero-order valence-electron chi connectivity index (χ0n) is 6.68. The molecule has 0 aromatic heterocycles. The van der Waals surface area contributed by atoms with E-state index in [2.05, 4.69) is 0 Å². The van der Waals surface area contributed by atoms with Crippen LogP contribution in [-0.4, -0.2) is 5.11 Å². The minimum Gasteiger partial charge on any atom is -0.508 e. The molecular formula is C8H16O. The number of allylic oxidation sites excluding steroid dienone is 3. The molecule has 0 aliphatic heterocycles. The van der Waals surface area contributed by atoms with Crippen molar-refractivity contribution >= 4 is 0 Å². The van der Waals surface area contributed by atoms with Gasteiger partial charge in [0, 0.05) is 0 Å². The standard InChI is InChI=1S/C6H10O.C2H6/c1-3-5-6(7)4-2;1-2/h3-5,7H,1-2H3;1-2H3/b5-3-,6-4+;. The smallest absolute Gasteiger partial charge is 0.110 e. The molecule has 1 N–H and O–H groups in total. The van der Waals surface area contributed by atoms with E-state index in [0.29, 0.717) is 5.76 Å². The van der Waals surface area contributed by atoms with Gasteiger partial charge in [0.15, 0.2) is 0 Å². The third-order valence-corrected chi connectivity index (χ3v) is 0.633. The summed E-state index contributed by atoms with van der Waals surface area (Å²) in [6.45, 7) is 7.65. The van der Waals surface area contributed by atoms with Crippen LogP contribution in [0.1, 0.15) is 27.7 Å². The van der Waals surface area contributed by atoms with Gasteiger partial charge in [-0.25, -0.2) is 0 Å². The Hall–Kier alpha value is -0.720. The molecule has 0 saturated carbocycles. The second kappa shape index (κ2) is 10.3. The third kappa shape index (κ3) is 11.1. The van der Waals surface area contributed by atoms with E-state index in [1.165, 1.54) is 0 Å². The molecule has 0 amide bonds. The van der Waals surface area contributed by atoms with Crippen molar-refractivity contribution in [2.24, 2.45) is 0 Å². The van der Waals surface area contributed by atoms with Crippen LogP contribution in [0, 0.1) is 0 Å². The van der Waals surface area contributed by atoms with Gasteiger partial charge in [-0.15, -0.1) is 0 Å². The Kier molecular flexibility index (Phi) is 12.7. The first-order valence-corrected chi connectivity index (χ1v) is 3.29. The highest BCUT2D eigenvalue weighted by Gasteiger charge is 1.72. The van der Waals surface area contributed by atoms with E-state index in [9.17, 15) is 0 Å². The molecule has 0 fully saturated rings. The largest absolute Gasteiger partial charge is 0.508 e. The summed E-state index contributed by atoms with van der Waals surface area (Å²) in [6, 6.07) is 0. The van der Waals surface area contributed by atoms with E-state index in [1.807, 2.05) is 20.8 Å². The predicted octanol–water partition coefficient (Wildman–Crippen LogP) is 3.05. The molecule has 0 heterocycles. The van der Waals surface area contributed by atoms with Crippen molar-refractivity contribution in [1.29, 1.82) is 0 Å². The van der Waals surface area contributed by atoms with Gasteiger partial charge in [-0.05, 0) is 26.0 Å². The van der Waals surface area contributed by atoms with Gasteiger partial charge in [-0.1, -0.05) is 19.9 Å². The van der Waals surface area contributed by atoms with Crippen molar-refractivity contribution in [2.45, 2.75) is 27.7 Å². The van der Waals surface area contributed by atoms with Gasteiger partial charge in [-0.3, -0.25) is 0 Å². The molecular weight excluding hydrogens is 112 g/mol. The zero-order valence-corrected chi connectivity index (χ0v) is 6.68. The molecule has 0 aliphatic carbocycles. The number of aliphatic hydroxyl groups is 1. The number of hydrogen-bond acceptors (Lipinski definition) is 1.